The van der Waals surface area contributed by atoms with Gasteiger partial charge in [-0.15, -0.1) is 0 Å². The van der Waals surface area contributed by atoms with Crippen LogP contribution in [0.25, 0.3) is 0 Å². The van der Waals surface area contributed by atoms with Crippen molar-refractivity contribution < 1.29 is 38.7 Å². The molecule has 9 aliphatic carbocycles. The normalized spacial score (nSPS) is 27.4. The molecule has 13 rings (SSSR count). The van der Waals surface area contributed by atoms with E-state index >= 15 is 4.79 Å². The average Bonchev–Trinajstić information content (AvgIpc) is 3.31. The quantitative estimate of drug-likeness (QED) is 0.0718. The molecule has 2 amide bonds. The second kappa shape index (κ2) is 20.3. The predicted octanol–water partition coefficient (Wildman–Crippen LogP) is 11.0. The van der Waals surface area contributed by atoms with Gasteiger partial charge in [0.2, 0.25) is 0 Å². The van der Waals surface area contributed by atoms with Crippen LogP contribution in [0.3, 0.4) is 0 Å². The number of hydrogen-bond donors (Lipinski definition) is 4. The van der Waals surface area contributed by atoms with Crippen molar-refractivity contribution in [2.45, 2.75) is 154 Å². The minimum Gasteiger partial charge on any atom is -0.507 e. The minimum atomic E-state index is -0.171. The van der Waals surface area contributed by atoms with Crippen LogP contribution < -0.4 is 24.8 Å². The standard InChI is InChI=1S/C62H78N2O8/c1-5-8-70-56-47-13-37(3)15-49(56)27-51-29-54(60(68)64-62-34-42-20-43(35-62)22-44(21-42)36-62)30-52(58(51)72-12-11-69-10-7-65)28-50-16-38(4)14-48(57(50)71-9-6-2)24-46-26-53(25-45(23-47)55(46)66)59(67)63-61-31-39-17-40(32-61)19-41(18-39)33-61/h13-16,25-26,29-30,39-44,65-66H,5-12,17-24,27-28,31-36H2,1-4H3,(H,63,67)(H,64,68). The predicted molar refractivity (Wildman–Crippen MR) is 280 cm³/mol. The Kier molecular flexibility index (Phi) is 13.9. The summed E-state index contributed by atoms with van der Waals surface area (Å²) in [6.45, 7) is 10.1. The van der Waals surface area contributed by atoms with Crippen LogP contribution in [0.1, 0.15) is 180 Å². The lowest BCUT2D eigenvalue weighted by Crippen LogP contribution is -2.59. The van der Waals surface area contributed by atoms with Crippen LogP contribution in [0.4, 0.5) is 0 Å². The molecular formula is C62H78N2O8. The molecule has 384 valence electrons. The molecule has 16 bridgehead atoms. The highest BCUT2D eigenvalue weighted by atomic mass is 16.5. The lowest BCUT2D eigenvalue weighted by atomic mass is 9.53. The van der Waals surface area contributed by atoms with Gasteiger partial charge < -0.3 is 39.8 Å². The fourth-order valence-electron chi connectivity index (χ4n) is 16.0. The number of carbonyl (C=O) groups excluding carboxylic acids is 2. The second-order valence-electron chi connectivity index (χ2n) is 24.0. The summed E-state index contributed by atoms with van der Waals surface area (Å²) < 4.78 is 26.2. The van der Waals surface area contributed by atoms with E-state index in [0.29, 0.717) is 102 Å². The monoisotopic (exact) mass is 979 g/mol. The zero-order chi connectivity index (χ0) is 49.7. The van der Waals surface area contributed by atoms with Crippen LogP contribution in [0.5, 0.6) is 23.0 Å². The number of benzene rings is 4. The van der Waals surface area contributed by atoms with Gasteiger partial charge in [0, 0.05) is 47.9 Å². The van der Waals surface area contributed by atoms with E-state index in [-0.39, 0.29) is 55.1 Å². The molecule has 0 heterocycles. The van der Waals surface area contributed by atoms with E-state index in [0.717, 1.165) is 107 Å². The van der Waals surface area contributed by atoms with Crippen molar-refractivity contribution in [3.05, 3.63) is 115 Å². The number of amides is 2. The molecule has 9 aliphatic rings. The van der Waals surface area contributed by atoms with Gasteiger partial charge in [-0.05, 0) is 208 Å². The second-order valence-corrected chi connectivity index (χ2v) is 24.0. The smallest absolute Gasteiger partial charge is 0.251 e. The van der Waals surface area contributed by atoms with E-state index in [9.17, 15) is 15.0 Å². The van der Waals surface area contributed by atoms with Gasteiger partial charge in [0.05, 0.1) is 33.0 Å². The Labute approximate surface area is 427 Å². The van der Waals surface area contributed by atoms with Crippen molar-refractivity contribution in [1.82, 2.24) is 10.6 Å². The van der Waals surface area contributed by atoms with Crippen LogP contribution in [0, 0.1) is 49.4 Å². The first-order valence-corrected chi connectivity index (χ1v) is 27.8. The number of phenolic OH excluding ortho intramolecular Hbond substituents is 1. The topological polar surface area (TPSA) is 136 Å². The molecule has 4 aromatic carbocycles. The number of nitrogens with one attached hydrogen (secondary N) is 2. The number of aryl methyl sites for hydroxylation is 2. The summed E-state index contributed by atoms with van der Waals surface area (Å²) in [4.78, 5) is 29.9. The van der Waals surface area contributed by atoms with Crippen molar-refractivity contribution >= 4 is 11.8 Å². The molecule has 0 unspecified atom stereocenters. The third-order valence-electron chi connectivity index (χ3n) is 17.8. The Morgan fingerprint density at radius 2 is 0.806 bits per heavy atom. The number of phenols is 1. The van der Waals surface area contributed by atoms with E-state index in [2.05, 4.69) is 62.6 Å². The van der Waals surface area contributed by atoms with Gasteiger partial charge in [-0.25, -0.2) is 0 Å². The Morgan fingerprint density at radius 1 is 0.486 bits per heavy atom. The molecular weight excluding hydrogens is 901 g/mol. The number of fused-ring (bicyclic) bond motifs is 8. The third-order valence-corrected chi connectivity index (χ3v) is 17.8. The highest BCUT2D eigenvalue weighted by molar-refractivity contribution is 5.96. The van der Waals surface area contributed by atoms with Crippen LogP contribution in [-0.4, -0.2) is 72.7 Å². The van der Waals surface area contributed by atoms with Crippen LogP contribution in [0.2, 0.25) is 0 Å². The van der Waals surface area contributed by atoms with Gasteiger partial charge >= 0.3 is 0 Å². The Bertz CT molecular complexity index is 2520. The number of aliphatic hydroxyl groups is 1. The molecule has 0 aromatic heterocycles. The van der Waals surface area contributed by atoms with Gasteiger partial charge in [0.25, 0.3) is 11.8 Å². The molecule has 8 fully saturated rings. The molecule has 10 nitrogen and oxygen atoms in total. The summed E-state index contributed by atoms with van der Waals surface area (Å²) in [5, 5.41) is 29.4. The Balaban J connectivity index is 1.06. The molecule has 0 spiro atoms. The SMILES string of the molecule is CCCOc1c2cc(C)cc1Cc1cc(C(=O)NC34CC5CC(CC(C5)C3)C4)cc(c1OCCOCCO)Cc1cc(C)cc(c1OCCC)Cc1cc(C(=O)NC34CC5CC(CC(C5)C3)C4)cc(c1O)C2. The fraction of sp³-hybridized carbons (Fsp3) is 0.581. The van der Waals surface area contributed by atoms with E-state index in [1.807, 2.05) is 24.3 Å². The molecule has 4 N–H and O–H groups in total. The van der Waals surface area contributed by atoms with Crippen molar-refractivity contribution in [3.8, 4) is 23.0 Å². The first-order valence-electron chi connectivity index (χ1n) is 27.8. The number of aromatic hydroxyl groups is 1. The zero-order valence-corrected chi connectivity index (χ0v) is 43.4. The van der Waals surface area contributed by atoms with Crippen molar-refractivity contribution in [2.75, 3.05) is 39.6 Å². The molecule has 0 radical (unpaired) electrons. The average molecular weight is 979 g/mol. The summed E-state index contributed by atoms with van der Waals surface area (Å²) in [6, 6.07) is 16.6. The number of aliphatic hydroxyl groups excluding tert-OH is 1. The number of ether oxygens (including phenoxy) is 4. The number of carbonyl (C=O) groups is 2. The summed E-state index contributed by atoms with van der Waals surface area (Å²) >= 11 is 0. The third kappa shape index (κ3) is 10.1. The number of hydrogen-bond acceptors (Lipinski definition) is 8. The van der Waals surface area contributed by atoms with E-state index < -0.39 is 0 Å². The van der Waals surface area contributed by atoms with E-state index in [1.54, 1.807) is 0 Å². The Morgan fingerprint density at radius 3 is 1.15 bits per heavy atom. The van der Waals surface area contributed by atoms with Crippen molar-refractivity contribution in [2.24, 2.45) is 35.5 Å². The van der Waals surface area contributed by atoms with Crippen LogP contribution in [0.15, 0.2) is 48.5 Å². The van der Waals surface area contributed by atoms with Gasteiger partial charge in [-0.1, -0.05) is 49.2 Å². The van der Waals surface area contributed by atoms with Crippen LogP contribution in [-0.2, 0) is 30.4 Å². The molecule has 72 heavy (non-hydrogen) atoms. The fourth-order valence-corrected chi connectivity index (χ4v) is 16.0. The molecule has 4 aromatic rings. The zero-order valence-electron chi connectivity index (χ0n) is 43.4. The first-order chi connectivity index (χ1) is 34.9. The molecule has 8 saturated carbocycles. The Hall–Kier alpha value is -5.06. The van der Waals surface area contributed by atoms with Crippen LogP contribution >= 0.6 is 0 Å². The number of rotatable bonds is 16. The summed E-state index contributed by atoms with van der Waals surface area (Å²) in [5.41, 5.74) is 9.77. The molecule has 0 aliphatic heterocycles. The minimum absolute atomic E-state index is 0.0385. The van der Waals surface area contributed by atoms with Gasteiger partial charge in [-0.2, -0.15) is 0 Å². The van der Waals surface area contributed by atoms with Gasteiger partial charge in [0.15, 0.2) is 0 Å². The van der Waals surface area contributed by atoms with Gasteiger partial charge in [-0.3, -0.25) is 9.59 Å². The molecule has 0 saturated heterocycles. The largest absolute Gasteiger partial charge is 0.507 e. The first kappa shape index (κ1) is 49.2. The lowest BCUT2D eigenvalue weighted by molar-refractivity contribution is -0.0171. The van der Waals surface area contributed by atoms with Gasteiger partial charge in [0.1, 0.15) is 29.6 Å². The highest BCUT2D eigenvalue weighted by Gasteiger charge is 2.53. The van der Waals surface area contributed by atoms with Crippen molar-refractivity contribution in [3.63, 3.8) is 0 Å². The highest BCUT2D eigenvalue weighted by Crippen LogP contribution is 2.57. The maximum absolute atomic E-state index is 15.0. The summed E-state index contributed by atoms with van der Waals surface area (Å²) in [5.74, 6) is 6.40. The van der Waals surface area contributed by atoms with E-state index in [4.69, 9.17) is 18.9 Å². The van der Waals surface area contributed by atoms with E-state index in [1.165, 1.54) is 38.5 Å². The maximum Gasteiger partial charge on any atom is 0.251 e. The maximum atomic E-state index is 15.0. The summed E-state index contributed by atoms with van der Waals surface area (Å²) in [7, 11) is 0. The van der Waals surface area contributed by atoms with Crippen molar-refractivity contribution in [1.29, 1.82) is 0 Å². The molecule has 10 heteroatoms. The lowest BCUT2D eigenvalue weighted by Gasteiger charge is -2.56. The molecule has 0 atom stereocenters. The summed E-state index contributed by atoms with van der Waals surface area (Å²) in [6.07, 6.45) is 17.2.